The van der Waals surface area contributed by atoms with Gasteiger partial charge in [-0.25, -0.2) is 4.99 Å². The van der Waals surface area contributed by atoms with Crippen molar-refractivity contribution in [3.8, 4) is 16.8 Å². The number of nitrogens with zero attached hydrogens (tertiary/aromatic N) is 2. The third kappa shape index (κ3) is 4.07. The third-order valence-corrected chi connectivity index (χ3v) is 9.87. The second-order valence-corrected chi connectivity index (χ2v) is 12.9. The molecule has 1 aliphatic carbocycles. The molecule has 1 aromatic heterocycles. The Morgan fingerprint density at radius 2 is 1.35 bits per heavy atom. The molecule has 0 bridgehead atoms. The average molecular weight is 595 g/mol. The Morgan fingerprint density at radius 1 is 0.630 bits per heavy atom. The minimum Gasteiger partial charge on any atom is -0.350 e. The summed E-state index contributed by atoms with van der Waals surface area (Å²) in [7, 11) is 0. The molecule has 222 valence electrons. The topological polar surface area (TPSA) is 41.4 Å². The SMILES string of the molecule is CC1(C)c2ccccc2-c2c1ccc1c2c2ccccc2n1-c1cccc(C2=NC(c3ccccc3)NC(c3ccccc3)N2)c1. The maximum absolute atomic E-state index is 5.22. The number of benzene rings is 6. The van der Waals surface area contributed by atoms with E-state index in [2.05, 4.69) is 169 Å². The van der Waals surface area contributed by atoms with E-state index in [1.807, 2.05) is 6.07 Å². The van der Waals surface area contributed by atoms with Crippen LogP contribution >= 0.6 is 0 Å². The lowest BCUT2D eigenvalue weighted by Gasteiger charge is -2.32. The first-order valence-electron chi connectivity index (χ1n) is 16.1. The van der Waals surface area contributed by atoms with E-state index in [4.69, 9.17) is 4.99 Å². The van der Waals surface area contributed by atoms with Crippen molar-refractivity contribution in [2.75, 3.05) is 0 Å². The summed E-state index contributed by atoms with van der Waals surface area (Å²) in [5.74, 6) is 0.876. The van der Waals surface area contributed by atoms with E-state index in [1.54, 1.807) is 0 Å². The standard InChI is InChI=1S/C42H34N4/c1-42(2)33-22-11-9-20-31(33)37-34(42)24-25-36-38(37)32-21-10-12-23-35(32)46(36)30-19-13-18-29(26-30)41-44-39(27-14-5-3-6-15-27)43-40(45-41)28-16-7-4-8-17-28/h3-26,39-40,43H,1-2H3,(H,44,45). The Balaban J connectivity index is 1.22. The molecule has 4 nitrogen and oxygen atoms in total. The summed E-state index contributed by atoms with van der Waals surface area (Å²) < 4.78 is 2.42. The fourth-order valence-electron chi connectivity index (χ4n) is 7.65. The minimum atomic E-state index is -0.175. The third-order valence-electron chi connectivity index (χ3n) is 9.87. The molecule has 0 saturated heterocycles. The van der Waals surface area contributed by atoms with Crippen LogP contribution in [0.4, 0.5) is 0 Å². The fraction of sp³-hybridized carbons (Fsp3) is 0.119. The zero-order chi connectivity index (χ0) is 30.8. The van der Waals surface area contributed by atoms with Crippen molar-refractivity contribution in [2.24, 2.45) is 4.99 Å². The Labute approximate surface area is 269 Å². The van der Waals surface area contributed by atoms with Crippen LogP contribution in [0.1, 0.15) is 54.0 Å². The van der Waals surface area contributed by atoms with Crippen molar-refractivity contribution >= 4 is 27.6 Å². The summed E-state index contributed by atoms with van der Waals surface area (Å²) in [5.41, 5.74) is 12.4. The molecule has 1 aliphatic heterocycles. The van der Waals surface area contributed by atoms with Gasteiger partial charge in [-0.15, -0.1) is 0 Å². The predicted molar refractivity (Wildman–Crippen MR) is 190 cm³/mol. The van der Waals surface area contributed by atoms with E-state index in [9.17, 15) is 0 Å². The summed E-state index contributed by atoms with van der Waals surface area (Å²) in [6.07, 6.45) is -0.257. The van der Waals surface area contributed by atoms with Crippen molar-refractivity contribution in [2.45, 2.75) is 31.6 Å². The number of nitrogens with one attached hydrogen (secondary N) is 2. The number of aromatic nitrogens is 1. The van der Waals surface area contributed by atoms with Crippen LogP contribution in [0.2, 0.25) is 0 Å². The second kappa shape index (κ2) is 10.3. The maximum atomic E-state index is 5.22. The van der Waals surface area contributed by atoms with Gasteiger partial charge in [-0.1, -0.05) is 135 Å². The molecule has 0 fully saturated rings. The monoisotopic (exact) mass is 594 g/mol. The lowest BCUT2D eigenvalue weighted by Crippen LogP contribution is -2.44. The molecule has 9 rings (SSSR count). The van der Waals surface area contributed by atoms with Gasteiger partial charge in [0.25, 0.3) is 0 Å². The molecule has 46 heavy (non-hydrogen) atoms. The molecule has 0 spiro atoms. The van der Waals surface area contributed by atoms with Gasteiger partial charge in [0, 0.05) is 27.4 Å². The molecular formula is C42H34N4. The highest BCUT2D eigenvalue weighted by atomic mass is 15.3. The van der Waals surface area contributed by atoms with Crippen LogP contribution in [-0.2, 0) is 5.41 Å². The van der Waals surface area contributed by atoms with Crippen molar-refractivity contribution in [3.05, 3.63) is 173 Å². The number of hydrogen-bond acceptors (Lipinski definition) is 3. The molecule has 0 saturated carbocycles. The minimum absolute atomic E-state index is 0.0490. The van der Waals surface area contributed by atoms with E-state index in [1.165, 1.54) is 49.6 Å². The molecular weight excluding hydrogens is 560 g/mol. The van der Waals surface area contributed by atoms with E-state index < -0.39 is 0 Å². The molecule has 2 unspecified atom stereocenters. The normalized spacial score (nSPS) is 18.2. The number of amidine groups is 1. The van der Waals surface area contributed by atoms with Crippen LogP contribution in [0.15, 0.2) is 151 Å². The van der Waals surface area contributed by atoms with E-state index in [0.29, 0.717) is 0 Å². The molecule has 0 radical (unpaired) electrons. The van der Waals surface area contributed by atoms with Gasteiger partial charge >= 0.3 is 0 Å². The smallest absolute Gasteiger partial charge is 0.131 e. The van der Waals surface area contributed by atoms with Crippen LogP contribution in [0.3, 0.4) is 0 Å². The summed E-state index contributed by atoms with van der Waals surface area (Å²) in [4.78, 5) is 5.22. The second-order valence-electron chi connectivity index (χ2n) is 12.9. The Bertz CT molecular complexity index is 2300. The van der Waals surface area contributed by atoms with Crippen LogP contribution in [-0.4, -0.2) is 10.4 Å². The molecule has 7 aromatic rings. The lowest BCUT2D eigenvalue weighted by molar-refractivity contribution is 0.409. The predicted octanol–water partition coefficient (Wildman–Crippen LogP) is 9.43. The summed E-state index contributed by atoms with van der Waals surface area (Å²) in [5, 5.41) is 10.0. The zero-order valence-corrected chi connectivity index (χ0v) is 25.9. The molecule has 2 heterocycles. The number of rotatable bonds is 4. The largest absolute Gasteiger partial charge is 0.350 e. The molecule has 6 aromatic carbocycles. The first kappa shape index (κ1) is 26.9. The number of para-hydroxylation sites is 1. The van der Waals surface area contributed by atoms with Crippen molar-refractivity contribution in [1.82, 2.24) is 15.2 Å². The van der Waals surface area contributed by atoms with Gasteiger partial charge in [-0.2, -0.15) is 0 Å². The van der Waals surface area contributed by atoms with Crippen LogP contribution in [0, 0.1) is 0 Å². The summed E-state index contributed by atoms with van der Waals surface area (Å²) in [6.45, 7) is 4.70. The highest BCUT2D eigenvalue weighted by Crippen LogP contribution is 2.53. The average Bonchev–Trinajstić information content (AvgIpc) is 3.58. The van der Waals surface area contributed by atoms with E-state index in [0.717, 1.165) is 22.6 Å². The molecule has 0 amide bonds. The van der Waals surface area contributed by atoms with Gasteiger partial charge < -0.3 is 9.88 Å². The van der Waals surface area contributed by atoms with Gasteiger partial charge in [0.2, 0.25) is 0 Å². The number of hydrogen-bond donors (Lipinski definition) is 2. The Hall–Kier alpha value is -5.45. The number of fused-ring (bicyclic) bond motifs is 7. The lowest BCUT2D eigenvalue weighted by atomic mass is 9.82. The number of aliphatic imine (C=N–C) groups is 1. The quantitative estimate of drug-likeness (QED) is 0.213. The zero-order valence-electron chi connectivity index (χ0n) is 25.9. The van der Waals surface area contributed by atoms with Gasteiger partial charge in [-0.3, -0.25) is 5.32 Å². The molecule has 2 N–H and O–H groups in total. The van der Waals surface area contributed by atoms with Gasteiger partial charge in [0.05, 0.1) is 11.0 Å². The first-order chi connectivity index (χ1) is 22.6. The van der Waals surface area contributed by atoms with Gasteiger partial charge in [0.1, 0.15) is 18.2 Å². The van der Waals surface area contributed by atoms with Crippen molar-refractivity contribution in [3.63, 3.8) is 0 Å². The molecule has 2 atom stereocenters. The summed E-state index contributed by atoms with van der Waals surface area (Å²) >= 11 is 0. The van der Waals surface area contributed by atoms with E-state index in [-0.39, 0.29) is 17.7 Å². The van der Waals surface area contributed by atoms with Crippen LogP contribution < -0.4 is 10.6 Å². The summed E-state index contributed by atoms with van der Waals surface area (Å²) in [6, 6.07) is 52.2. The van der Waals surface area contributed by atoms with Gasteiger partial charge in [-0.05, 0) is 57.6 Å². The first-order valence-corrected chi connectivity index (χ1v) is 16.1. The molecule has 4 heteroatoms. The van der Waals surface area contributed by atoms with Crippen LogP contribution in [0.5, 0.6) is 0 Å². The fourth-order valence-corrected chi connectivity index (χ4v) is 7.65. The van der Waals surface area contributed by atoms with E-state index >= 15 is 0 Å². The van der Waals surface area contributed by atoms with Gasteiger partial charge in [0.15, 0.2) is 0 Å². The molecule has 2 aliphatic rings. The maximum Gasteiger partial charge on any atom is 0.131 e. The highest BCUT2D eigenvalue weighted by molar-refractivity contribution is 6.18. The Kier molecular flexibility index (Phi) is 6.02. The van der Waals surface area contributed by atoms with Crippen molar-refractivity contribution in [1.29, 1.82) is 0 Å². The Morgan fingerprint density at radius 3 is 2.17 bits per heavy atom. The highest BCUT2D eigenvalue weighted by Gasteiger charge is 2.37. The van der Waals surface area contributed by atoms with Crippen LogP contribution in [0.25, 0.3) is 38.6 Å². The van der Waals surface area contributed by atoms with Crippen molar-refractivity contribution < 1.29 is 0 Å².